The van der Waals surface area contributed by atoms with Gasteiger partial charge in [0, 0.05) is 0 Å². The smallest absolute Gasteiger partial charge is 0.116 e. The van der Waals surface area contributed by atoms with Crippen LogP contribution >= 0.6 is 0 Å². The second-order valence-corrected chi connectivity index (χ2v) is 4.13. The Morgan fingerprint density at radius 1 is 0.812 bits per heavy atom. The average Bonchev–Trinajstić information content (AvgIpc) is 2.31. The van der Waals surface area contributed by atoms with Crippen LogP contribution in [-0.2, 0) is 0 Å². The second kappa shape index (κ2) is 3.24. The number of fused-ring (bicyclic) bond motifs is 2. The molecule has 0 amide bonds. The highest BCUT2D eigenvalue weighted by Crippen LogP contribution is 2.29. The number of phenols is 1. The highest BCUT2D eigenvalue weighted by atomic mass is 16.3. The number of hydrogen-bond donors (Lipinski definition) is 1. The van der Waals surface area contributed by atoms with Crippen molar-refractivity contribution in [3.8, 4) is 5.75 Å². The fraction of sp³-hybridized carbons (Fsp3) is 0.0667. The normalized spacial score (nSPS) is 11.1. The zero-order chi connectivity index (χ0) is 11.1. The van der Waals surface area contributed by atoms with Gasteiger partial charge < -0.3 is 5.11 Å². The Hall–Kier alpha value is -2.02. The van der Waals surface area contributed by atoms with Crippen molar-refractivity contribution in [1.82, 2.24) is 0 Å². The third-order valence-corrected chi connectivity index (χ3v) is 3.12. The van der Waals surface area contributed by atoms with E-state index >= 15 is 0 Å². The van der Waals surface area contributed by atoms with Gasteiger partial charge >= 0.3 is 0 Å². The number of hydrogen-bond acceptors (Lipinski definition) is 1. The molecule has 0 aromatic heterocycles. The van der Waals surface area contributed by atoms with Crippen molar-refractivity contribution in [1.29, 1.82) is 0 Å². The SMILES string of the molecule is Cc1c2ccccc2cc2ccc(O)cc12. The summed E-state index contributed by atoms with van der Waals surface area (Å²) in [5, 5.41) is 14.3. The van der Waals surface area contributed by atoms with Crippen LogP contribution in [0.2, 0.25) is 0 Å². The van der Waals surface area contributed by atoms with Crippen molar-refractivity contribution in [3.05, 3.63) is 54.1 Å². The molecular weight excluding hydrogens is 196 g/mol. The van der Waals surface area contributed by atoms with E-state index < -0.39 is 0 Å². The van der Waals surface area contributed by atoms with E-state index in [0.717, 1.165) is 5.39 Å². The summed E-state index contributed by atoms with van der Waals surface area (Å²) in [6, 6.07) is 16.0. The Kier molecular flexibility index (Phi) is 1.87. The number of aromatic hydroxyl groups is 1. The molecule has 0 aliphatic rings. The molecule has 1 nitrogen and oxygen atoms in total. The van der Waals surface area contributed by atoms with E-state index in [2.05, 4.69) is 25.1 Å². The predicted octanol–water partition coefficient (Wildman–Crippen LogP) is 4.01. The molecule has 0 aliphatic carbocycles. The predicted molar refractivity (Wildman–Crippen MR) is 67.9 cm³/mol. The summed E-state index contributed by atoms with van der Waals surface area (Å²) in [7, 11) is 0. The van der Waals surface area contributed by atoms with E-state index in [1.54, 1.807) is 6.07 Å². The van der Waals surface area contributed by atoms with Crippen molar-refractivity contribution in [2.75, 3.05) is 0 Å². The third-order valence-electron chi connectivity index (χ3n) is 3.12. The standard InChI is InChI=1S/C15H12O/c1-10-14-5-3-2-4-11(14)8-12-6-7-13(16)9-15(10)12/h2-9,16H,1H3. The molecule has 0 bridgehead atoms. The fourth-order valence-electron chi connectivity index (χ4n) is 2.27. The van der Waals surface area contributed by atoms with Gasteiger partial charge in [0.2, 0.25) is 0 Å². The van der Waals surface area contributed by atoms with Gasteiger partial charge in [-0.15, -0.1) is 0 Å². The Morgan fingerprint density at radius 2 is 1.56 bits per heavy atom. The molecule has 0 aliphatic heterocycles. The van der Waals surface area contributed by atoms with E-state index in [9.17, 15) is 5.11 Å². The van der Waals surface area contributed by atoms with Crippen LogP contribution in [0.3, 0.4) is 0 Å². The first-order valence-electron chi connectivity index (χ1n) is 5.37. The van der Waals surface area contributed by atoms with Gasteiger partial charge in [-0.1, -0.05) is 30.3 Å². The summed E-state index contributed by atoms with van der Waals surface area (Å²) in [6.07, 6.45) is 0. The molecular formula is C15H12O. The van der Waals surface area contributed by atoms with E-state index in [0.29, 0.717) is 5.75 Å². The monoisotopic (exact) mass is 208 g/mol. The lowest BCUT2D eigenvalue weighted by Gasteiger charge is -2.07. The molecule has 3 rings (SSSR count). The van der Waals surface area contributed by atoms with E-state index in [1.807, 2.05) is 24.3 Å². The molecule has 0 unspecified atom stereocenters. The first kappa shape index (κ1) is 9.22. The average molecular weight is 208 g/mol. The Balaban J connectivity index is 2.56. The van der Waals surface area contributed by atoms with Crippen LogP contribution in [0, 0.1) is 6.92 Å². The van der Waals surface area contributed by atoms with E-state index in [4.69, 9.17) is 0 Å². The van der Waals surface area contributed by atoms with Gasteiger partial charge in [-0.3, -0.25) is 0 Å². The molecule has 0 fully saturated rings. The Bertz CT molecular complexity index is 683. The quantitative estimate of drug-likeness (QED) is 0.553. The van der Waals surface area contributed by atoms with E-state index in [-0.39, 0.29) is 0 Å². The third kappa shape index (κ3) is 1.25. The van der Waals surface area contributed by atoms with Crippen LogP contribution in [0.25, 0.3) is 21.5 Å². The fourth-order valence-corrected chi connectivity index (χ4v) is 2.27. The number of aryl methyl sites for hydroxylation is 1. The van der Waals surface area contributed by atoms with Gasteiger partial charge in [0.1, 0.15) is 5.75 Å². The number of benzene rings is 3. The lowest BCUT2D eigenvalue weighted by Crippen LogP contribution is -1.82. The zero-order valence-corrected chi connectivity index (χ0v) is 9.07. The van der Waals surface area contributed by atoms with Gasteiger partial charge in [-0.2, -0.15) is 0 Å². The van der Waals surface area contributed by atoms with Gasteiger partial charge in [0.25, 0.3) is 0 Å². The molecule has 0 atom stereocenters. The minimum absolute atomic E-state index is 0.325. The number of rotatable bonds is 0. The topological polar surface area (TPSA) is 20.2 Å². The molecule has 0 heterocycles. The molecule has 0 radical (unpaired) electrons. The van der Waals surface area contributed by atoms with E-state index in [1.165, 1.54) is 21.7 Å². The molecule has 78 valence electrons. The van der Waals surface area contributed by atoms with Crippen molar-refractivity contribution < 1.29 is 5.11 Å². The number of phenolic OH excluding ortho intramolecular Hbond substituents is 1. The summed E-state index contributed by atoms with van der Waals surface area (Å²) < 4.78 is 0. The lowest BCUT2D eigenvalue weighted by atomic mass is 9.98. The highest BCUT2D eigenvalue weighted by Gasteiger charge is 2.03. The molecule has 0 saturated heterocycles. The largest absolute Gasteiger partial charge is 0.508 e. The molecule has 0 spiro atoms. The first-order valence-corrected chi connectivity index (χ1v) is 5.37. The van der Waals surface area contributed by atoms with Crippen LogP contribution < -0.4 is 0 Å². The summed E-state index contributed by atoms with van der Waals surface area (Å²) in [6.45, 7) is 2.10. The molecule has 1 N–H and O–H groups in total. The van der Waals surface area contributed by atoms with Crippen LogP contribution in [0.15, 0.2) is 48.5 Å². The highest BCUT2D eigenvalue weighted by molar-refractivity contribution is 6.02. The van der Waals surface area contributed by atoms with Gasteiger partial charge in [0.15, 0.2) is 0 Å². The Labute approximate surface area is 94.0 Å². The van der Waals surface area contributed by atoms with Crippen LogP contribution in [0.1, 0.15) is 5.56 Å². The summed E-state index contributed by atoms with van der Waals surface area (Å²) in [5.41, 5.74) is 1.23. The maximum atomic E-state index is 9.53. The zero-order valence-electron chi connectivity index (χ0n) is 9.07. The van der Waals surface area contributed by atoms with Crippen LogP contribution in [-0.4, -0.2) is 5.11 Å². The first-order chi connectivity index (χ1) is 7.75. The lowest BCUT2D eigenvalue weighted by molar-refractivity contribution is 0.476. The van der Waals surface area contributed by atoms with Crippen LogP contribution in [0.5, 0.6) is 5.75 Å². The van der Waals surface area contributed by atoms with Gasteiger partial charge in [-0.25, -0.2) is 0 Å². The molecule has 3 aromatic rings. The molecule has 3 aromatic carbocycles. The molecule has 0 saturated carbocycles. The molecule has 16 heavy (non-hydrogen) atoms. The van der Waals surface area contributed by atoms with Crippen molar-refractivity contribution in [2.24, 2.45) is 0 Å². The van der Waals surface area contributed by atoms with Gasteiger partial charge in [-0.05, 0) is 52.2 Å². The Morgan fingerprint density at radius 3 is 2.44 bits per heavy atom. The van der Waals surface area contributed by atoms with Gasteiger partial charge in [0.05, 0.1) is 0 Å². The van der Waals surface area contributed by atoms with Crippen molar-refractivity contribution >= 4 is 21.5 Å². The summed E-state index contributed by atoms with van der Waals surface area (Å²) in [5.74, 6) is 0.325. The maximum Gasteiger partial charge on any atom is 0.116 e. The van der Waals surface area contributed by atoms with Crippen LogP contribution in [0.4, 0.5) is 0 Å². The molecule has 1 heteroatoms. The minimum atomic E-state index is 0.325. The van der Waals surface area contributed by atoms with Crippen molar-refractivity contribution in [3.63, 3.8) is 0 Å². The second-order valence-electron chi connectivity index (χ2n) is 4.13. The van der Waals surface area contributed by atoms with Crippen molar-refractivity contribution in [2.45, 2.75) is 6.92 Å². The summed E-state index contributed by atoms with van der Waals surface area (Å²) >= 11 is 0. The maximum absolute atomic E-state index is 9.53. The summed E-state index contributed by atoms with van der Waals surface area (Å²) in [4.78, 5) is 0. The minimum Gasteiger partial charge on any atom is -0.508 e.